The van der Waals surface area contributed by atoms with Crippen LogP contribution in [0.1, 0.15) is 116 Å². The predicted molar refractivity (Wildman–Crippen MR) is 121 cm³/mol. The highest BCUT2D eigenvalue weighted by atomic mass is 16.3. The summed E-state index contributed by atoms with van der Waals surface area (Å²) >= 11 is 0. The van der Waals surface area contributed by atoms with Gasteiger partial charge in [-0.3, -0.25) is 0 Å². The van der Waals surface area contributed by atoms with Crippen LogP contribution in [0.15, 0.2) is 0 Å². The van der Waals surface area contributed by atoms with Crippen LogP contribution in [0.2, 0.25) is 0 Å². The largest absolute Gasteiger partial charge is 0.396 e. The van der Waals surface area contributed by atoms with E-state index in [2.05, 4.69) is 0 Å². The third-order valence-corrected chi connectivity index (χ3v) is 9.86. The third kappa shape index (κ3) is 5.59. The van der Waals surface area contributed by atoms with E-state index < -0.39 is 0 Å². The van der Waals surface area contributed by atoms with Crippen LogP contribution >= 0.6 is 0 Å². The molecule has 4 aliphatic carbocycles. The molecule has 4 fully saturated rings. The van der Waals surface area contributed by atoms with Crippen LogP contribution in [0, 0.1) is 41.4 Å². The first-order valence-electron chi connectivity index (χ1n) is 13.5. The summed E-state index contributed by atoms with van der Waals surface area (Å²) in [7, 11) is 0. The van der Waals surface area contributed by atoms with E-state index in [0.29, 0.717) is 24.4 Å². The molecule has 6 unspecified atom stereocenters. The number of rotatable bonds is 6. The highest BCUT2D eigenvalue weighted by Gasteiger charge is 2.39. The normalized spacial score (nSPS) is 37.9. The van der Waals surface area contributed by atoms with Crippen molar-refractivity contribution in [3.05, 3.63) is 0 Å². The van der Waals surface area contributed by atoms with Gasteiger partial charge < -0.3 is 10.2 Å². The molecule has 29 heavy (non-hydrogen) atoms. The maximum Gasteiger partial charge on any atom is 0.0596 e. The van der Waals surface area contributed by atoms with E-state index >= 15 is 0 Å². The first-order valence-corrected chi connectivity index (χ1v) is 13.5. The minimum absolute atomic E-state index is 0.0232. The minimum Gasteiger partial charge on any atom is -0.396 e. The van der Waals surface area contributed by atoms with E-state index in [9.17, 15) is 10.2 Å². The summed E-state index contributed by atoms with van der Waals surface area (Å²) < 4.78 is 0. The Morgan fingerprint density at radius 1 is 0.517 bits per heavy atom. The van der Waals surface area contributed by atoms with Gasteiger partial charge in [0.1, 0.15) is 0 Å². The van der Waals surface area contributed by atoms with Gasteiger partial charge in [-0.2, -0.15) is 0 Å². The highest BCUT2D eigenvalue weighted by Crippen LogP contribution is 2.47. The van der Waals surface area contributed by atoms with Crippen LogP contribution in [-0.2, 0) is 0 Å². The van der Waals surface area contributed by atoms with Crippen LogP contribution in [0.5, 0.6) is 0 Å². The van der Waals surface area contributed by atoms with Crippen molar-refractivity contribution in [2.45, 2.75) is 122 Å². The maximum absolute atomic E-state index is 11.1. The molecule has 2 heteroatoms. The Hall–Kier alpha value is -0.0800. The van der Waals surface area contributed by atoms with Gasteiger partial charge >= 0.3 is 0 Å². The second-order valence-electron chi connectivity index (χ2n) is 11.5. The van der Waals surface area contributed by atoms with E-state index in [1.807, 2.05) is 0 Å². The van der Waals surface area contributed by atoms with E-state index in [4.69, 9.17) is 0 Å². The summed E-state index contributed by atoms with van der Waals surface area (Å²) in [5.74, 6) is 5.02. The lowest BCUT2D eigenvalue weighted by Gasteiger charge is -2.44. The fourth-order valence-corrected chi connectivity index (χ4v) is 8.19. The molecule has 168 valence electrons. The molecule has 0 saturated heterocycles. The van der Waals surface area contributed by atoms with Gasteiger partial charge in [0.05, 0.1) is 6.10 Å². The van der Waals surface area contributed by atoms with E-state index in [-0.39, 0.29) is 6.10 Å². The zero-order chi connectivity index (χ0) is 20.1. The van der Waals surface area contributed by atoms with Gasteiger partial charge in [-0.25, -0.2) is 0 Å². The monoisotopic (exact) mass is 404 g/mol. The summed E-state index contributed by atoms with van der Waals surface area (Å²) in [5.41, 5.74) is 0. The smallest absolute Gasteiger partial charge is 0.0596 e. The summed E-state index contributed by atoms with van der Waals surface area (Å²) in [6, 6.07) is 0. The molecule has 4 saturated carbocycles. The summed E-state index contributed by atoms with van der Waals surface area (Å²) in [6.07, 6.45) is 24.3. The minimum atomic E-state index is -0.0232. The van der Waals surface area contributed by atoms with Crippen molar-refractivity contribution >= 4 is 0 Å². The van der Waals surface area contributed by atoms with Gasteiger partial charge in [-0.05, 0) is 73.5 Å². The summed E-state index contributed by atoms with van der Waals surface area (Å²) in [4.78, 5) is 0. The second-order valence-corrected chi connectivity index (χ2v) is 11.5. The molecule has 0 heterocycles. The lowest BCUT2D eigenvalue weighted by Crippen LogP contribution is -2.38. The first kappa shape index (κ1) is 22.1. The van der Waals surface area contributed by atoms with E-state index in [1.54, 1.807) is 0 Å². The SMILES string of the molecule is OCC(C1CCCCC1)C1CCCC(C2CCCC(C(O)C3CCCCC3)C2)C1. The summed E-state index contributed by atoms with van der Waals surface area (Å²) in [6.45, 7) is 0.426. The molecule has 2 nitrogen and oxygen atoms in total. The highest BCUT2D eigenvalue weighted by molar-refractivity contribution is 4.90. The van der Waals surface area contributed by atoms with Crippen molar-refractivity contribution in [1.82, 2.24) is 0 Å². The molecule has 0 radical (unpaired) electrons. The lowest BCUT2D eigenvalue weighted by molar-refractivity contribution is -0.00745. The van der Waals surface area contributed by atoms with E-state index in [0.717, 1.165) is 23.7 Å². The van der Waals surface area contributed by atoms with Crippen LogP contribution < -0.4 is 0 Å². The average molecular weight is 405 g/mol. The lowest BCUT2D eigenvalue weighted by atomic mass is 9.62. The Balaban J connectivity index is 1.33. The fraction of sp³-hybridized carbons (Fsp3) is 1.00. The number of aliphatic hydroxyl groups excluding tert-OH is 2. The quantitative estimate of drug-likeness (QED) is 0.515. The van der Waals surface area contributed by atoms with E-state index in [1.165, 1.54) is 116 Å². The van der Waals surface area contributed by atoms with Gasteiger partial charge in [-0.15, -0.1) is 0 Å². The molecule has 0 aromatic heterocycles. The van der Waals surface area contributed by atoms with Crippen LogP contribution in [0.3, 0.4) is 0 Å². The number of aliphatic hydroxyl groups is 2. The zero-order valence-corrected chi connectivity index (χ0v) is 18.9. The van der Waals surface area contributed by atoms with Gasteiger partial charge in [0.15, 0.2) is 0 Å². The van der Waals surface area contributed by atoms with Crippen molar-refractivity contribution in [1.29, 1.82) is 0 Å². The predicted octanol–water partition coefficient (Wildman–Crippen LogP) is 6.73. The molecule has 0 aliphatic heterocycles. The molecule has 0 bridgehead atoms. The molecule has 6 atom stereocenters. The van der Waals surface area contributed by atoms with Gasteiger partial charge in [0.25, 0.3) is 0 Å². The zero-order valence-electron chi connectivity index (χ0n) is 18.9. The van der Waals surface area contributed by atoms with Crippen molar-refractivity contribution in [3.63, 3.8) is 0 Å². The van der Waals surface area contributed by atoms with Crippen LogP contribution in [0.25, 0.3) is 0 Å². The molecule has 0 aromatic rings. The average Bonchev–Trinajstić information content (AvgIpc) is 2.81. The van der Waals surface area contributed by atoms with Crippen LogP contribution in [0.4, 0.5) is 0 Å². The standard InChI is InChI=1S/C27H48O2/c28-19-26(20-9-3-1-4-10-20)24-15-7-13-22(17-24)23-14-8-16-25(18-23)27(29)21-11-5-2-6-12-21/h20-29H,1-19H2. The molecule has 4 rings (SSSR count). The number of hydrogen-bond donors (Lipinski definition) is 2. The number of hydrogen-bond acceptors (Lipinski definition) is 2. The Morgan fingerprint density at radius 3 is 1.59 bits per heavy atom. The molecule has 4 aliphatic rings. The van der Waals surface area contributed by atoms with Crippen molar-refractivity contribution in [2.24, 2.45) is 41.4 Å². The Bertz CT molecular complexity index is 465. The third-order valence-electron chi connectivity index (χ3n) is 9.86. The summed E-state index contributed by atoms with van der Waals surface area (Å²) in [5, 5.41) is 21.4. The van der Waals surface area contributed by atoms with Crippen molar-refractivity contribution in [2.75, 3.05) is 6.61 Å². The van der Waals surface area contributed by atoms with Gasteiger partial charge in [0.2, 0.25) is 0 Å². The molecular weight excluding hydrogens is 356 g/mol. The molecule has 2 N–H and O–H groups in total. The Morgan fingerprint density at radius 2 is 1.00 bits per heavy atom. The molecule has 0 aromatic carbocycles. The first-order chi connectivity index (χ1) is 14.3. The molecular formula is C27H48O2. The van der Waals surface area contributed by atoms with Gasteiger partial charge in [0, 0.05) is 6.61 Å². The second kappa shape index (κ2) is 11.0. The fourth-order valence-electron chi connectivity index (χ4n) is 8.19. The molecule has 0 spiro atoms. The van der Waals surface area contributed by atoms with Crippen molar-refractivity contribution < 1.29 is 10.2 Å². The molecule has 0 amide bonds. The Kier molecular flexibility index (Phi) is 8.38. The van der Waals surface area contributed by atoms with Gasteiger partial charge in [-0.1, -0.05) is 83.5 Å². The topological polar surface area (TPSA) is 40.5 Å². The van der Waals surface area contributed by atoms with Crippen molar-refractivity contribution in [3.8, 4) is 0 Å². The van der Waals surface area contributed by atoms with Crippen LogP contribution in [-0.4, -0.2) is 22.9 Å². The Labute approximate surface area is 180 Å². The maximum atomic E-state index is 11.1.